The van der Waals surface area contributed by atoms with Crippen LogP contribution in [0.25, 0.3) is 0 Å². The van der Waals surface area contributed by atoms with Crippen LogP contribution in [0.3, 0.4) is 0 Å². The summed E-state index contributed by atoms with van der Waals surface area (Å²) in [6.45, 7) is 11.6. The van der Waals surface area contributed by atoms with E-state index in [0.29, 0.717) is 0 Å². The maximum atomic E-state index is 5.52. The lowest BCUT2D eigenvalue weighted by Crippen LogP contribution is -2.12. The van der Waals surface area contributed by atoms with Gasteiger partial charge in [-0.25, -0.2) is 0 Å². The van der Waals surface area contributed by atoms with E-state index < -0.39 is 0 Å². The van der Waals surface area contributed by atoms with Gasteiger partial charge < -0.3 is 17.2 Å². The molecule has 1 atom stereocenters. The molecule has 6 N–H and O–H groups in total. The van der Waals surface area contributed by atoms with Crippen LogP contribution >= 0.6 is 0 Å². The van der Waals surface area contributed by atoms with Crippen LogP contribution in [0, 0.1) is 5.92 Å². The van der Waals surface area contributed by atoms with Crippen LogP contribution in [0.4, 0.5) is 0 Å². The van der Waals surface area contributed by atoms with E-state index in [1.165, 1.54) is 154 Å². The molecule has 1 unspecified atom stereocenters. The minimum Gasteiger partial charge on any atom is -0.330 e. The highest BCUT2D eigenvalue weighted by Crippen LogP contribution is 2.12. The van der Waals surface area contributed by atoms with Gasteiger partial charge in [0.25, 0.3) is 0 Å². The summed E-state index contributed by atoms with van der Waals surface area (Å²) < 4.78 is 0. The van der Waals surface area contributed by atoms with Crippen molar-refractivity contribution in [3.63, 3.8) is 0 Å². The van der Waals surface area contributed by atoms with Gasteiger partial charge in [-0.05, 0) is 44.8 Å². The summed E-state index contributed by atoms with van der Waals surface area (Å²) >= 11 is 0. The Morgan fingerprint density at radius 3 is 0.886 bits per heavy atom. The molecule has 3 heteroatoms. The standard InChI is InChI=1S/C14H31N.C10H23N.C8H19N/c1-2-3-4-5-6-7-8-9-10-11-12-13-14-15;1-2-3-4-5-6-7-8-9-10-11;1-3-5-6-8(4-2)7-9/h2-15H2,1H3;2-11H2,1H3;8H,3-7,9H2,1-2H3. The van der Waals surface area contributed by atoms with Crippen molar-refractivity contribution >= 4 is 0 Å². The molecule has 0 amide bonds. The first-order valence-electron chi connectivity index (χ1n) is 16.3. The summed E-state index contributed by atoms with van der Waals surface area (Å²) in [7, 11) is 0. The molecule has 0 fully saturated rings. The summed E-state index contributed by atoms with van der Waals surface area (Å²) in [5, 5.41) is 0. The third-order valence-electron chi connectivity index (χ3n) is 6.99. The quantitative estimate of drug-likeness (QED) is 0.109. The van der Waals surface area contributed by atoms with E-state index in [1.807, 2.05) is 0 Å². The molecule has 0 radical (unpaired) electrons. The zero-order valence-electron chi connectivity index (χ0n) is 25.4. The number of hydrogen-bond acceptors (Lipinski definition) is 3. The Labute approximate surface area is 224 Å². The molecule has 3 nitrogen and oxygen atoms in total. The van der Waals surface area contributed by atoms with Gasteiger partial charge in [-0.15, -0.1) is 0 Å². The van der Waals surface area contributed by atoms with E-state index in [2.05, 4.69) is 27.7 Å². The Morgan fingerprint density at radius 2 is 0.657 bits per heavy atom. The van der Waals surface area contributed by atoms with E-state index in [0.717, 1.165) is 25.6 Å². The monoisotopic (exact) mass is 500 g/mol. The lowest BCUT2D eigenvalue weighted by Gasteiger charge is -2.09. The second-order valence-corrected chi connectivity index (χ2v) is 10.6. The molecule has 0 aromatic rings. The topological polar surface area (TPSA) is 78.1 Å². The van der Waals surface area contributed by atoms with Crippen molar-refractivity contribution < 1.29 is 0 Å². The van der Waals surface area contributed by atoms with Crippen molar-refractivity contribution in [2.24, 2.45) is 23.1 Å². The second kappa shape index (κ2) is 41.0. The largest absolute Gasteiger partial charge is 0.330 e. The van der Waals surface area contributed by atoms with Gasteiger partial charge in [0, 0.05) is 0 Å². The number of rotatable bonds is 25. The molecule has 0 aromatic carbocycles. The summed E-state index contributed by atoms with van der Waals surface area (Å²) in [5.41, 5.74) is 16.4. The van der Waals surface area contributed by atoms with Crippen LogP contribution in [-0.2, 0) is 0 Å². The molecule has 0 saturated carbocycles. The van der Waals surface area contributed by atoms with Crippen molar-refractivity contribution in [2.75, 3.05) is 19.6 Å². The van der Waals surface area contributed by atoms with E-state index in [-0.39, 0.29) is 0 Å². The van der Waals surface area contributed by atoms with Crippen LogP contribution in [0.1, 0.15) is 182 Å². The van der Waals surface area contributed by atoms with E-state index in [1.54, 1.807) is 0 Å². The Bertz CT molecular complexity index is 285. The van der Waals surface area contributed by atoms with Crippen LogP contribution in [0.5, 0.6) is 0 Å². The normalized spacial score (nSPS) is 11.4. The van der Waals surface area contributed by atoms with Gasteiger partial charge in [0.1, 0.15) is 0 Å². The number of nitrogens with two attached hydrogens (primary N) is 3. The number of hydrogen-bond donors (Lipinski definition) is 3. The van der Waals surface area contributed by atoms with Crippen LogP contribution in [0.2, 0.25) is 0 Å². The molecule has 0 bridgehead atoms. The minimum absolute atomic E-state index is 0.782. The summed E-state index contributed by atoms with van der Waals surface area (Å²) in [5.74, 6) is 0.782. The second-order valence-electron chi connectivity index (χ2n) is 10.6. The van der Waals surface area contributed by atoms with Crippen molar-refractivity contribution in [2.45, 2.75) is 182 Å². The molecule has 35 heavy (non-hydrogen) atoms. The number of unbranched alkanes of at least 4 members (excludes halogenated alkanes) is 19. The van der Waals surface area contributed by atoms with Gasteiger partial charge in [-0.3, -0.25) is 0 Å². The highest BCUT2D eigenvalue weighted by Gasteiger charge is 2.00. The zero-order valence-corrected chi connectivity index (χ0v) is 25.4. The van der Waals surface area contributed by atoms with Crippen LogP contribution < -0.4 is 17.2 Å². The summed E-state index contributed by atoms with van der Waals surface area (Å²) in [6.07, 6.45) is 33.1. The predicted molar refractivity (Wildman–Crippen MR) is 164 cm³/mol. The van der Waals surface area contributed by atoms with Gasteiger partial charge in [0.05, 0.1) is 0 Å². The predicted octanol–water partition coefficient (Wildman–Crippen LogP) is 9.89. The molecule has 0 aliphatic heterocycles. The van der Waals surface area contributed by atoms with Crippen molar-refractivity contribution in [1.29, 1.82) is 0 Å². The third kappa shape index (κ3) is 44.3. The van der Waals surface area contributed by atoms with Crippen molar-refractivity contribution in [3.8, 4) is 0 Å². The Balaban J connectivity index is -0.000000456. The maximum absolute atomic E-state index is 5.52. The molecule has 0 rings (SSSR count). The molecule has 216 valence electrons. The first kappa shape index (κ1) is 39.4. The summed E-state index contributed by atoms with van der Waals surface area (Å²) in [4.78, 5) is 0. The van der Waals surface area contributed by atoms with Gasteiger partial charge in [0.2, 0.25) is 0 Å². The fourth-order valence-electron chi connectivity index (χ4n) is 4.24. The van der Waals surface area contributed by atoms with E-state index in [4.69, 9.17) is 17.2 Å². The van der Waals surface area contributed by atoms with Crippen LogP contribution in [0.15, 0.2) is 0 Å². The average molecular weight is 500 g/mol. The van der Waals surface area contributed by atoms with E-state index >= 15 is 0 Å². The Kier molecular flexibility index (Phi) is 46.2. The molecule has 0 aliphatic rings. The highest BCUT2D eigenvalue weighted by atomic mass is 14.5. The highest BCUT2D eigenvalue weighted by molar-refractivity contribution is 4.56. The smallest absolute Gasteiger partial charge is 0.00490 e. The van der Waals surface area contributed by atoms with Crippen molar-refractivity contribution in [1.82, 2.24) is 0 Å². The summed E-state index contributed by atoms with van der Waals surface area (Å²) in [6, 6.07) is 0. The molecular formula is C32H73N3. The molecule has 0 saturated heterocycles. The lowest BCUT2D eigenvalue weighted by molar-refractivity contribution is 0.461. The van der Waals surface area contributed by atoms with Gasteiger partial charge in [-0.2, -0.15) is 0 Å². The molecule has 0 spiro atoms. The van der Waals surface area contributed by atoms with Crippen molar-refractivity contribution in [3.05, 3.63) is 0 Å². The Morgan fingerprint density at radius 1 is 0.371 bits per heavy atom. The average Bonchev–Trinajstić information content (AvgIpc) is 2.88. The van der Waals surface area contributed by atoms with Gasteiger partial charge >= 0.3 is 0 Å². The van der Waals surface area contributed by atoms with Gasteiger partial charge in [0.15, 0.2) is 0 Å². The third-order valence-corrected chi connectivity index (χ3v) is 6.99. The lowest BCUT2D eigenvalue weighted by atomic mass is 10.00. The fourth-order valence-corrected chi connectivity index (χ4v) is 4.24. The first-order valence-corrected chi connectivity index (χ1v) is 16.3. The minimum atomic E-state index is 0.782. The molecule has 0 aliphatic carbocycles. The van der Waals surface area contributed by atoms with Gasteiger partial charge in [-0.1, -0.05) is 163 Å². The maximum Gasteiger partial charge on any atom is -0.00490 e. The van der Waals surface area contributed by atoms with E-state index in [9.17, 15) is 0 Å². The fraction of sp³-hybridized carbons (Fsp3) is 1.00. The SMILES string of the molecule is CCCCC(CC)CN.CCCCCCCCCCCCCCN.CCCCCCCCCCN. The molecule has 0 aromatic heterocycles. The molecular weight excluding hydrogens is 426 g/mol. The molecule has 0 heterocycles. The first-order chi connectivity index (χ1) is 17.2. The Hall–Kier alpha value is -0.120. The van der Waals surface area contributed by atoms with Crippen LogP contribution in [-0.4, -0.2) is 19.6 Å². The zero-order chi connectivity index (χ0) is 26.7.